The number of ether oxygens (including phenoxy) is 1. The summed E-state index contributed by atoms with van der Waals surface area (Å²) in [6, 6.07) is 32.9. The lowest BCUT2D eigenvalue weighted by Gasteiger charge is -2.08. The summed E-state index contributed by atoms with van der Waals surface area (Å²) in [5, 5.41) is 11.9. The van der Waals surface area contributed by atoms with Gasteiger partial charge in [0.15, 0.2) is 0 Å². The Bertz CT molecular complexity index is 1590. The average molecular weight is 457 g/mol. The zero-order chi connectivity index (χ0) is 24.2. The molecule has 0 saturated carbocycles. The first-order valence-corrected chi connectivity index (χ1v) is 11.1. The lowest BCUT2D eigenvalue weighted by atomic mass is 9.98. The Morgan fingerprint density at radius 1 is 0.886 bits per heavy atom. The van der Waals surface area contributed by atoms with Crippen molar-refractivity contribution in [2.75, 3.05) is 0 Å². The van der Waals surface area contributed by atoms with E-state index in [0.29, 0.717) is 28.2 Å². The van der Waals surface area contributed by atoms with Crippen molar-refractivity contribution in [2.45, 2.75) is 6.92 Å². The molecule has 5 heteroatoms. The maximum atomic E-state index is 11.7. The minimum atomic E-state index is -0.427. The maximum absolute atomic E-state index is 11.7. The number of nitriles is 1. The highest BCUT2D eigenvalue weighted by molar-refractivity contribution is 6.04. The molecule has 1 heterocycles. The van der Waals surface area contributed by atoms with E-state index in [1.165, 1.54) is 6.92 Å². The topological polar surface area (TPSA) is 75.6 Å². The molecule has 1 aromatic heterocycles. The van der Waals surface area contributed by atoms with E-state index in [0.717, 1.165) is 21.9 Å². The van der Waals surface area contributed by atoms with Gasteiger partial charge in [-0.2, -0.15) is 5.26 Å². The van der Waals surface area contributed by atoms with E-state index >= 15 is 0 Å². The molecule has 0 unspecified atom stereocenters. The van der Waals surface area contributed by atoms with Crippen molar-refractivity contribution in [3.05, 3.63) is 108 Å². The number of nitrogens with zero attached hydrogens (tertiary/aromatic N) is 2. The summed E-state index contributed by atoms with van der Waals surface area (Å²) >= 11 is 0. The molecule has 5 nitrogen and oxygen atoms in total. The number of hydrogen-bond donors (Lipinski definition) is 0. The molecule has 0 N–H and O–H groups in total. The van der Waals surface area contributed by atoms with Crippen molar-refractivity contribution in [1.82, 2.24) is 0 Å². The van der Waals surface area contributed by atoms with E-state index in [1.807, 2.05) is 91.0 Å². The van der Waals surface area contributed by atoms with Crippen molar-refractivity contribution in [3.63, 3.8) is 0 Å². The molecule has 0 aliphatic carbocycles. The minimum absolute atomic E-state index is 0.187. The summed E-state index contributed by atoms with van der Waals surface area (Å²) in [5.41, 5.74) is 3.35. The zero-order valence-electron chi connectivity index (χ0n) is 18.9. The molecule has 4 aromatic carbocycles. The van der Waals surface area contributed by atoms with E-state index in [4.69, 9.17) is 9.15 Å². The highest BCUT2D eigenvalue weighted by Crippen LogP contribution is 2.42. The van der Waals surface area contributed by atoms with E-state index in [1.54, 1.807) is 12.3 Å². The average Bonchev–Trinajstić information content (AvgIpc) is 3.27. The highest BCUT2D eigenvalue weighted by atomic mass is 16.5. The monoisotopic (exact) mass is 456 g/mol. The number of hydrogen-bond acceptors (Lipinski definition) is 5. The summed E-state index contributed by atoms with van der Waals surface area (Å²) in [5.74, 6) is 0.713. The van der Waals surface area contributed by atoms with Gasteiger partial charge in [0.25, 0.3) is 0 Å². The molecule has 0 aliphatic rings. The van der Waals surface area contributed by atoms with Gasteiger partial charge in [-0.1, -0.05) is 91.0 Å². The van der Waals surface area contributed by atoms with Gasteiger partial charge in [-0.05, 0) is 22.4 Å². The van der Waals surface area contributed by atoms with Crippen molar-refractivity contribution in [2.24, 2.45) is 4.99 Å². The fourth-order valence-corrected chi connectivity index (χ4v) is 4.06. The number of fused-ring (bicyclic) bond motifs is 1. The molecule has 5 rings (SSSR count). The van der Waals surface area contributed by atoms with E-state index in [-0.39, 0.29) is 5.88 Å². The number of benzene rings is 4. The van der Waals surface area contributed by atoms with Gasteiger partial charge >= 0.3 is 5.97 Å². The third-order valence-electron chi connectivity index (χ3n) is 5.60. The van der Waals surface area contributed by atoms with Gasteiger partial charge in [-0.25, -0.2) is 4.99 Å². The van der Waals surface area contributed by atoms with E-state index in [2.05, 4.69) is 11.1 Å². The van der Waals surface area contributed by atoms with Crippen LogP contribution in [0.25, 0.3) is 33.2 Å². The Balaban J connectivity index is 1.71. The summed E-state index contributed by atoms with van der Waals surface area (Å²) < 4.78 is 11.6. The molecule has 0 radical (unpaired) electrons. The molecular formula is C30H20N2O3. The van der Waals surface area contributed by atoms with Crippen LogP contribution in [0.15, 0.2) is 106 Å². The van der Waals surface area contributed by atoms with Crippen LogP contribution in [0.4, 0.5) is 5.88 Å². The second-order valence-corrected chi connectivity index (χ2v) is 7.88. The Labute approximate surface area is 202 Å². The molecule has 5 aromatic rings. The normalized spacial score (nSPS) is 11.0. The fourth-order valence-electron chi connectivity index (χ4n) is 4.06. The van der Waals surface area contributed by atoms with Gasteiger partial charge in [-0.15, -0.1) is 0 Å². The molecule has 168 valence electrons. The third kappa shape index (κ3) is 4.33. The Kier molecular flexibility index (Phi) is 5.94. The van der Waals surface area contributed by atoms with Gasteiger partial charge in [0.1, 0.15) is 23.1 Å². The van der Waals surface area contributed by atoms with Crippen LogP contribution in [0.3, 0.4) is 0 Å². The van der Waals surface area contributed by atoms with Crippen LogP contribution in [0.5, 0.6) is 5.75 Å². The SMILES string of the molecule is CC(=O)Oc1ccc2ccccc2c1/C=N/c1oc(-c2ccccc2)c(-c2ccccc2)c1C#N. The second-order valence-electron chi connectivity index (χ2n) is 7.88. The van der Waals surface area contributed by atoms with Gasteiger partial charge in [0.2, 0.25) is 5.88 Å². The molecule has 0 fully saturated rings. The Morgan fingerprint density at radius 3 is 2.23 bits per heavy atom. The van der Waals surface area contributed by atoms with Crippen LogP contribution in [-0.2, 0) is 4.79 Å². The third-order valence-corrected chi connectivity index (χ3v) is 5.60. The molecule has 0 saturated heterocycles. The second kappa shape index (κ2) is 9.50. The number of carbonyl (C=O) groups excluding carboxylic acids is 1. The summed E-state index contributed by atoms with van der Waals surface area (Å²) in [6.07, 6.45) is 1.59. The number of carbonyl (C=O) groups is 1. The smallest absolute Gasteiger partial charge is 0.308 e. The van der Waals surface area contributed by atoms with Crippen molar-refractivity contribution < 1.29 is 13.9 Å². The van der Waals surface area contributed by atoms with Crippen LogP contribution in [0.1, 0.15) is 18.1 Å². The largest absolute Gasteiger partial charge is 0.436 e. The number of rotatable bonds is 5. The lowest BCUT2D eigenvalue weighted by Crippen LogP contribution is -2.04. The summed E-state index contributed by atoms with van der Waals surface area (Å²) in [6.45, 7) is 1.36. The number of esters is 1. The predicted octanol–water partition coefficient (Wildman–Crippen LogP) is 7.31. The molecular weight excluding hydrogens is 436 g/mol. The van der Waals surface area contributed by atoms with Crippen LogP contribution in [0, 0.1) is 11.3 Å². The maximum Gasteiger partial charge on any atom is 0.308 e. The fraction of sp³-hybridized carbons (Fsp3) is 0.0333. The molecule has 0 amide bonds. The minimum Gasteiger partial charge on any atom is -0.436 e. The number of furan rings is 1. The van der Waals surface area contributed by atoms with Gasteiger partial charge in [0, 0.05) is 29.8 Å². The lowest BCUT2D eigenvalue weighted by molar-refractivity contribution is -0.131. The van der Waals surface area contributed by atoms with Gasteiger partial charge in [-0.3, -0.25) is 4.79 Å². The first-order valence-electron chi connectivity index (χ1n) is 11.1. The Morgan fingerprint density at radius 2 is 1.54 bits per heavy atom. The van der Waals surface area contributed by atoms with Gasteiger partial charge in [0.05, 0.1) is 0 Å². The zero-order valence-corrected chi connectivity index (χ0v) is 18.9. The van der Waals surface area contributed by atoms with Crippen molar-refractivity contribution >= 4 is 28.8 Å². The molecule has 0 bridgehead atoms. The first kappa shape index (κ1) is 21.9. The van der Waals surface area contributed by atoms with Crippen molar-refractivity contribution in [1.29, 1.82) is 5.26 Å². The summed E-state index contributed by atoms with van der Waals surface area (Å²) in [4.78, 5) is 16.3. The quantitative estimate of drug-likeness (QED) is 0.158. The standard InChI is InChI=1S/C30H20N2O3/c1-20(33)34-27-17-16-21-10-8-9-15-24(21)26(27)19-32-30-25(18-31)28(22-11-4-2-5-12-22)29(35-30)23-13-6-3-7-14-23/h2-17,19H,1H3/b32-19+. The molecule has 0 atom stereocenters. The molecule has 35 heavy (non-hydrogen) atoms. The highest BCUT2D eigenvalue weighted by Gasteiger charge is 2.22. The van der Waals surface area contributed by atoms with Crippen LogP contribution in [-0.4, -0.2) is 12.2 Å². The van der Waals surface area contributed by atoms with Crippen LogP contribution >= 0.6 is 0 Å². The predicted molar refractivity (Wildman–Crippen MR) is 137 cm³/mol. The molecule has 0 aliphatic heterocycles. The van der Waals surface area contributed by atoms with Crippen molar-refractivity contribution in [3.8, 4) is 34.3 Å². The number of aliphatic imine (C=N–C) groups is 1. The first-order chi connectivity index (χ1) is 17.2. The van der Waals surface area contributed by atoms with Gasteiger partial charge < -0.3 is 9.15 Å². The Hall–Kier alpha value is -4.95. The van der Waals surface area contributed by atoms with E-state index < -0.39 is 5.97 Å². The summed E-state index contributed by atoms with van der Waals surface area (Å²) in [7, 11) is 0. The van der Waals surface area contributed by atoms with E-state index in [9.17, 15) is 10.1 Å². The van der Waals surface area contributed by atoms with Crippen LogP contribution in [0.2, 0.25) is 0 Å². The molecule has 0 spiro atoms. The van der Waals surface area contributed by atoms with Crippen LogP contribution < -0.4 is 4.74 Å².